The standard InChI is InChI=1S/C9H17NO6S/c11-4-9(5-12,6-13)10-8(14)7-1-2-17(15,16)3-7/h7,11-13H,1-6H2,(H,10,14). The van der Waals surface area contributed by atoms with Gasteiger partial charge in [0.2, 0.25) is 5.91 Å². The maximum Gasteiger partial charge on any atom is 0.224 e. The molecule has 1 heterocycles. The fourth-order valence-corrected chi connectivity index (χ4v) is 3.38. The van der Waals surface area contributed by atoms with Gasteiger partial charge in [-0.2, -0.15) is 0 Å². The number of rotatable bonds is 5. The molecular formula is C9H17NO6S. The monoisotopic (exact) mass is 267 g/mol. The molecule has 8 heteroatoms. The molecule has 1 amide bonds. The summed E-state index contributed by atoms with van der Waals surface area (Å²) >= 11 is 0. The van der Waals surface area contributed by atoms with Gasteiger partial charge in [-0.1, -0.05) is 0 Å². The molecule has 0 aromatic carbocycles. The molecule has 0 saturated carbocycles. The molecule has 0 aromatic heterocycles. The molecule has 0 spiro atoms. The van der Waals surface area contributed by atoms with Crippen molar-refractivity contribution in [3.8, 4) is 0 Å². The molecule has 1 aliphatic heterocycles. The number of aliphatic hydroxyl groups is 3. The second-order valence-electron chi connectivity index (χ2n) is 4.34. The minimum Gasteiger partial charge on any atom is -0.394 e. The predicted octanol–water partition coefficient (Wildman–Crippen LogP) is -2.75. The summed E-state index contributed by atoms with van der Waals surface area (Å²) in [5, 5.41) is 29.4. The van der Waals surface area contributed by atoms with Gasteiger partial charge in [0.15, 0.2) is 9.84 Å². The van der Waals surface area contributed by atoms with Crippen molar-refractivity contribution in [2.24, 2.45) is 5.92 Å². The van der Waals surface area contributed by atoms with Gasteiger partial charge in [-0.15, -0.1) is 0 Å². The van der Waals surface area contributed by atoms with E-state index in [-0.39, 0.29) is 17.9 Å². The van der Waals surface area contributed by atoms with Gasteiger partial charge in [0.1, 0.15) is 5.54 Å². The molecule has 7 nitrogen and oxygen atoms in total. The highest BCUT2D eigenvalue weighted by molar-refractivity contribution is 7.91. The number of amides is 1. The Hall–Kier alpha value is -0.700. The van der Waals surface area contributed by atoms with Crippen LogP contribution in [0.5, 0.6) is 0 Å². The summed E-state index contributed by atoms with van der Waals surface area (Å²) in [6, 6.07) is 0. The van der Waals surface area contributed by atoms with Gasteiger partial charge in [-0.05, 0) is 6.42 Å². The lowest BCUT2D eigenvalue weighted by molar-refractivity contribution is -0.128. The summed E-state index contributed by atoms with van der Waals surface area (Å²) in [5.41, 5.74) is -1.50. The van der Waals surface area contributed by atoms with Crippen LogP contribution in [-0.2, 0) is 14.6 Å². The molecule has 100 valence electrons. The Morgan fingerprint density at radius 3 is 2.12 bits per heavy atom. The van der Waals surface area contributed by atoms with Crippen molar-refractivity contribution in [3.63, 3.8) is 0 Å². The van der Waals surface area contributed by atoms with E-state index < -0.39 is 47.0 Å². The molecular weight excluding hydrogens is 250 g/mol. The van der Waals surface area contributed by atoms with E-state index in [1.807, 2.05) is 0 Å². The number of aliphatic hydroxyl groups excluding tert-OH is 3. The lowest BCUT2D eigenvalue weighted by Crippen LogP contribution is -2.58. The molecule has 17 heavy (non-hydrogen) atoms. The largest absolute Gasteiger partial charge is 0.394 e. The summed E-state index contributed by atoms with van der Waals surface area (Å²) in [6.45, 7) is -1.86. The van der Waals surface area contributed by atoms with Crippen molar-refractivity contribution >= 4 is 15.7 Å². The summed E-state index contributed by atoms with van der Waals surface area (Å²) in [6.07, 6.45) is 0.229. The molecule has 0 aromatic rings. The van der Waals surface area contributed by atoms with Crippen molar-refractivity contribution in [1.82, 2.24) is 5.32 Å². The minimum atomic E-state index is -3.16. The Labute approximate surface area is 99.4 Å². The first-order chi connectivity index (χ1) is 7.88. The van der Waals surface area contributed by atoms with Crippen molar-refractivity contribution in [3.05, 3.63) is 0 Å². The van der Waals surface area contributed by atoms with E-state index in [4.69, 9.17) is 15.3 Å². The molecule has 1 unspecified atom stereocenters. The third-order valence-corrected chi connectivity index (χ3v) is 4.67. The first kappa shape index (κ1) is 14.4. The second-order valence-corrected chi connectivity index (χ2v) is 6.57. The van der Waals surface area contributed by atoms with Crippen molar-refractivity contribution in [2.45, 2.75) is 12.0 Å². The Kier molecular flexibility index (Phi) is 4.48. The molecule has 4 N–H and O–H groups in total. The van der Waals surface area contributed by atoms with Gasteiger partial charge in [-0.3, -0.25) is 4.79 Å². The van der Waals surface area contributed by atoms with E-state index in [2.05, 4.69) is 5.32 Å². The molecule has 1 fully saturated rings. The Bertz CT molecular complexity index is 367. The average Bonchev–Trinajstić information content (AvgIpc) is 2.67. The minimum absolute atomic E-state index is 0.0323. The molecule has 1 aliphatic rings. The number of sulfone groups is 1. The lowest BCUT2D eigenvalue weighted by atomic mass is 10.0. The number of carbonyl (C=O) groups excluding carboxylic acids is 1. The van der Waals surface area contributed by atoms with Crippen LogP contribution >= 0.6 is 0 Å². The molecule has 1 atom stereocenters. The quantitative estimate of drug-likeness (QED) is 0.428. The van der Waals surface area contributed by atoms with Crippen molar-refractivity contribution in [1.29, 1.82) is 0 Å². The van der Waals surface area contributed by atoms with Crippen LogP contribution in [0.15, 0.2) is 0 Å². The highest BCUT2D eigenvalue weighted by Gasteiger charge is 2.37. The van der Waals surface area contributed by atoms with Crippen molar-refractivity contribution < 1.29 is 28.5 Å². The lowest BCUT2D eigenvalue weighted by Gasteiger charge is -2.29. The van der Waals surface area contributed by atoms with Gasteiger partial charge < -0.3 is 20.6 Å². The van der Waals surface area contributed by atoms with Crippen LogP contribution in [0.4, 0.5) is 0 Å². The SMILES string of the molecule is O=C(NC(CO)(CO)CO)C1CCS(=O)(=O)C1. The third-order valence-electron chi connectivity index (χ3n) is 2.90. The Morgan fingerprint density at radius 1 is 1.24 bits per heavy atom. The van der Waals surface area contributed by atoms with Gasteiger partial charge >= 0.3 is 0 Å². The third kappa shape index (κ3) is 3.38. The van der Waals surface area contributed by atoms with Crippen LogP contribution in [0.3, 0.4) is 0 Å². The maximum atomic E-state index is 11.7. The summed E-state index contributed by atoms with van der Waals surface area (Å²) in [5.74, 6) is -1.50. The summed E-state index contributed by atoms with van der Waals surface area (Å²) in [7, 11) is -3.16. The number of carbonyl (C=O) groups is 1. The van der Waals surface area contributed by atoms with E-state index in [1.54, 1.807) is 0 Å². The van der Waals surface area contributed by atoms with E-state index in [1.165, 1.54) is 0 Å². The van der Waals surface area contributed by atoms with Crippen LogP contribution in [0, 0.1) is 5.92 Å². The zero-order valence-corrected chi connectivity index (χ0v) is 10.1. The Morgan fingerprint density at radius 2 is 1.76 bits per heavy atom. The summed E-state index contributed by atoms with van der Waals surface area (Å²) < 4.78 is 22.4. The number of hydrogen-bond acceptors (Lipinski definition) is 6. The van der Waals surface area contributed by atoms with Crippen LogP contribution in [0.1, 0.15) is 6.42 Å². The van der Waals surface area contributed by atoms with E-state index in [0.717, 1.165) is 0 Å². The van der Waals surface area contributed by atoms with Crippen LogP contribution < -0.4 is 5.32 Å². The maximum absolute atomic E-state index is 11.7. The smallest absolute Gasteiger partial charge is 0.224 e. The number of nitrogens with one attached hydrogen (secondary N) is 1. The fraction of sp³-hybridized carbons (Fsp3) is 0.889. The van der Waals surface area contributed by atoms with Crippen LogP contribution in [0.25, 0.3) is 0 Å². The fourth-order valence-electron chi connectivity index (χ4n) is 1.63. The summed E-state index contributed by atoms with van der Waals surface area (Å²) in [4.78, 5) is 11.7. The topological polar surface area (TPSA) is 124 Å². The van der Waals surface area contributed by atoms with E-state index >= 15 is 0 Å². The highest BCUT2D eigenvalue weighted by atomic mass is 32.2. The van der Waals surface area contributed by atoms with E-state index in [9.17, 15) is 13.2 Å². The van der Waals surface area contributed by atoms with Crippen molar-refractivity contribution in [2.75, 3.05) is 31.3 Å². The van der Waals surface area contributed by atoms with Gasteiger partial charge in [0, 0.05) is 0 Å². The second kappa shape index (κ2) is 5.30. The zero-order valence-electron chi connectivity index (χ0n) is 9.29. The highest BCUT2D eigenvalue weighted by Crippen LogP contribution is 2.19. The first-order valence-corrected chi connectivity index (χ1v) is 7.05. The zero-order chi connectivity index (χ0) is 13.1. The van der Waals surface area contributed by atoms with E-state index in [0.29, 0.717) is 0 Å². The van der Waals surface area contributed by atoms with Gasteiger partial charge in [0.25, 0.3) is 0 Å². The first-order valence-electron chi connectivity index (χ1n) is 5.23. The normalized spacial score (nSPS) is 23.6. The van der Waals surface area contributed by atoms with Crippen LogP contribution in [0.2, 0.25) is 0 Å². The van der Waals surface area contributed by atoms with Crippen LogP contribution in [-0.4, -0.2) is 66.5 Å². The predicted molar refractivity (Wildman–Crippen MR) is 58.9 cm³/mol. The van der Waals surface area contributed by atoms with Gasteiger partial charge in [-0.25, -0.2) is 8.42 Å². The molecule has 0 bridgehead atoms. The van der Waals surface area contributed by atoms with Gasteiger partial charge in [0.05, 0.1) is 37.2 Å². The molecule has 1 rings (SSSR count). The number of hydrogen-bond donors (Lipinski definition) is 4. The molecule has 0 radical (unpaired) electrons. The Balaban J connectivity index is 2.66. The average molecular weight is 267 g/mol. The molecule has 0 aliphatic carbocycles. The molecule has 1 saturated heterocycles.